The number of anilines is 2. The van der Waals surface area contributed by atoms with Crippen LogP contribution in [0.5, 0.6) is 11.5 Å². The lowest BCUT2D eigenvalue weighted by molar-refractivity contribution is -0.113. The number of ether oxygens (including phenoxy) is 2. The van der Waals surface area contributed by atoms with Gasteiger partial charge in [0.15, 0.2) is 5.82 Å². The van der Waals surface area contributed by atoms with E-state index in [2.05, 4.69) is 10.6 Å². The second-order valence-corrected chi connectivity index (χ2v) is 9.34. The van der Waals surface area contributed by atoms with Gasteiger partial charge in [-0.25, -0.2) is 4.68 Å². The third-order valence-corrected chi connectivity index (χ3v) is 6.88. The first-order valence-electron chi connectivity index (χ1n) is 12.0. The summed E-state index contributed by atoms with van der Waals surface area (Å²) in [5.74, 6) is 1.80. The largest absolute Gasteiger partial charge is 0.495 e. The van der Waals surface area contributed by atoms with Crippen LogP contribution in [0.4, 0.5) is 11.6 Å². The van der Waals surface area contributed by atoms with Crippen LogP contribution in [0, 0.1) is 0 Å². The lowest BCUT2D eigenvalue weighted by Crippen LogP contribution is -2.31. The molecule has 1 unspecified atom stereocenters. The summed E-state index contributed by atoms with van der Waals surface area (Å²) in [7, 11) is 1.56. The number of carbonyl (C=O) groups excluding carboxylic acids is 1. The van der Waals surface area contributed by atoms with Crippen LogP contribution in [0.1, 0.15) is 25.5 Å². The Hall–Kier alpha value is -4.01. The number of para-hydroxylation sites is 3. The van der Waals surface area contributed by atoms with Gasteiger partial charge >= 0.3 is 0 Å². The van der Waals surface area contributed by atoms with E-state index in [1.165, 1.54) is 0 Å². The number of benzene rings is 3. The van der Waals surface area contributed by atoms with Gasteiger partial charge in [-0.3, -0.25) is 4.79 Å². The van der Waals surface area contributed by atoms with Crippen LogP contribution in [-0.2, 0) is 4.79 Å². The lowest BCUT2D eigenvalue weighted by atomic mass is 9.94. The molecule has 0 fully saturated rings. The number of nitrogens with zero attached hydrogens (tertiary/aromatic N) is 3. The highest BCUT2D eigenvalue weighted by Crippen LogP contribution is 2.41. The highest BCUT2D eigenvalue weighted by Gasteiger charge is 2.36. The smallest absolute Gasteiger partial charge is 0.255 e. The molecule has 4 aromatic rings. The Balaban J connectivity index is 1.64. The van der Waals surface area contributed by atoms with Crippen molar-refractivity contribution in [3.8, 4) is 22.9 Å². The molecule has 3 aromatic carbocycles. The maximum Gasteiger partial charge on any atom is 0.255 e. The predicted molar refractivity (Wildman–Crippen MR) is 149 cm³/mol. The zero-order valence-corrected chi connectivity index (χ0v) is 22.5. The highest BCUT2D eigenvalue weighted by molar-refractivity contribution is 6.42. The molecule has 1 amide bonds. The van der Waals surface area contributed by atoms with Crippen molar-refractivity contribution in [2.75, 3.05) is 24.4 Å². The normalized spacial score (nSPS) is 14.5. The molecule has 5 rings (SSSR count). The molecule has 194 valence electrons. The van der Waals surface area contributed by atoms with Gasteiger partial charge in [0.1, 0.15) is 17.5 Å². The van der Waals surface area contributed by atoms with Crippen molar-refractivity contribution < 1.29 is 14.3 Å². The number of allylic oxidation sites excluding steroid dienone is 1. The first-order chi connectivity index (χ1) is 18.4. The zero-order chi connectivity index (χ0) is 26.8. The molecule has 38 heavy (non-hydrogen) atoms. The average Bonchev–Trinajstić information content (AvgIpc) is 3.34. The van der Waals surface area contributed by atoms with Gasteiger partial charge in [0.2, 0.25) is 5.95 Å². The fourth-order valence-electron chi connectivity index (χ4n) is 4.42. The molecule has 2 heterocycles. The Morgan fingerprint density at radius 1 is 1.05 bits per heavy atom. The van der Waals surface area contributed by atoms with Crippen LogP contribution in [0.25, 0.3) is 11.4 Å². The predicted octanol–water partition coefficient (Wildman–Crippen LogP) is 6.59. The van der Waals surface area contributed by atoms with Crippen LogP contribution in [0.2, 0.25) is 10.0 Å². The molecule has 0 spiro atoms. The quantitative estimate of drug-likeness (QED) is 0.270. The number of rotatable bonds is 7. The number of methoxy groups -OCH3 is 1. The monoisotopic (exact) mass is 549 g/mol. The molecule has 10 heteroatoms. The standard InChI is InChI=1S/C28H25Cl2N5O3/c1-4-38-22-11-7-5-9-18(22)25-24(27(36)32-21-10-6-8-12-23(21)37-3)16(2)31-28-33-26(34-35(25)28)17-13-14-19(29)20(30)15-17/h5-15,25H,4H2,1-3H3,(H,32,36)(H,31,33,34). The summed E-state index contributed by atoms with van der Waals surface area (Å²) < 4.78 is 13.1. The minimum atomic E-state index is -0.632. The van der Waals surface area contributed by atoms with E-state index in [-0.39, 0.29) is 5.91 Å². The van der Waals surface area contributed by atoms with E-state index < -0.39 is 6.04 Å². The van der Waals surface area contributed by atoms with Crippen molar-refractivity contribution >= 4 is 40.7 Å². The maximum absolute atomic E-state index is 13.9. The molecule has 1 aromatic heterocycles. The van der Waals surface area contributed by atoms with Crippen LogP contribution < -0.4 is 20.1 Å². The molecule has 0 aliphatic carbocycles. The molecular formula is C28H25Cl2N5O3. The molecule has 0 saturated heterocycles. The number of amides is 1. The first-order valence-corrected chi connectivity index (χ1v) is 12.7. The summed E-state index contributed by atoms with van der Waals surface area (Å²) in [6.07, 6.45) is 0. The fourth-order valence-corrected chi connectivity index (χ4v) is 4.72. The fraction of sp³-hybridized carbons (Fsp3) is 0.179. The minimum absolute atomic E-state index is 0.312. The Labute approximate surface area is 230 Å². The zero-order valence-electron chi connectivity index (χ0n) is 21.0. The van der Waals surface area contributed by atoms with Crippen molar-refractivity contribution in [1.29, 1.82) is 0 Å². The van der Waals surface area contributed by atoms with Gasteiger partial charge < -0.3 is 20.1 Å². The van der Waals surface area contributed by atoms with Gasteiger partial charge in [-0.05, 0) is 50.2 Å². The third kappa shape index (κ3) is 4.80. The number of hydrogen-bond acceptors (Lipinski definition) is 6. The van der Waals surface area contributed by atoms with Crippen LogP contribution in [0.3, 0.4) is 0 Å². The second kappa shape index (κ2) is 10.8. The highest BCUT2D eigenvalue weighted by atomic mass is 35.5. The minimum Gasteiger partial charge on any atom is -0.495 e. The van der Waals surface area contributed by atoms with Gasteiger partial charge in [0.05, 0.1) is 35.0 Å². The van der Waals surface area contributed by atoms with E-state index in [4.69, 9.17) is 42.8 Å². The lowest BCUT2D eigenvalue weighted by Gasteiger charge is -2.29. The molecule has 1 atom stereocenters. The first kappa shape index (κ1) is 25.6. The number of aromatic nitrogens is 3. The molecular weight excluding hydrogens is 525 g/mol. The molecule has 0 bridgehead atoms. The number of carbonyl (C=O) groups is 1. The SMILES string of the molecule is CCOc1ccccc1C1C(C(=O)Nc2ccccc2OC)=C(C)Nc2nc(-c3ccc(Cl)c(Cl)c3)nn21. The van der Waals surface area contributed by atoms with E-state index >= 15 is 0 Å². The van der Waals surface area contributed by atoms with Gasteiger partial charge in [-0.15, -0.1) is 5.10 Å². The van der Waals surface area contributed by atoms with Crippen molar-refractivity contribution in [1.82, 2.24) is 14.8 Å². The van der Waals surface area contributed by atoms with Crippen molar-refractivity contribution in [3.05, 3.63) is 93.6 Å². The molecule has 1 aliphatic heterocycles. The summed E-state index contributed by atoms with van der Waals surface area (Å²) in [6.45, 7) is 4.22. The van der Waals surface area contributed by atoms with Crippen LogP contribution in [0.15, 0.2) is 78.0 Å². The number of halogens is 2. The Kier molecular flexibility index (Phi) is 7.26. The molecule has 0 radical (unpaired) electrons. The Morgan fingerprint density at radius 3 is 2.53 bits per heavy atom. The third-order valence-electron chi connectivity index (χ3n) is 6.14. The summed E-state index contributed by atoms with van der Waals surface area (Å²) in [5.41, 5.74) is 3.11. The van der Waals surface area contributed by atoms with Gasteiger partial charge in [0, 0.05) is 16.8 Å². The summed E-state index contributed by atoms with van der Waals surface area (Å²) in [6, 6.07) is 19.4. The van der Waals surface area contributed by atoms with E-state index in [1.54, 1.807) is 42.1 Å². The molecule has 8 nitrogen and oxygen atoms in total. The van der Waals surface area contributed by atoms with Crippen molar-refractivity contribution in [2.45, 2.75) is 19.9 Å². The van der Waals surface area contributed by atoms with Crippen molar-refractivity contribution in [2.24, 2.45) is 0 Å². The molecule has 2 N–H and O–H groups in total. The Morgan fingerprint density at radius 2 is 1.79 bits per heavy atom. The van der Waals surface area contributed by atoms with Crippen LogP contribution in [-0.4, -0.2) is 34.4 Å². The van der Waals surface area contributed by atoms with E-state index in [9.17, 15) is 4.79 Å². The second-order valence-electron chi connectivity index (χ2n) is 8.52. The molecule has 0 saturated carbocycles. The van der Waals surface area contributed by atoms with Gasteiger partial charge in [0.25, 0.3) is 5.91 Å². The maximum atomic E-state index is 13.9. The van der Waals surface area contributed by atoms with Gasteiger partial charge in [-0.2, -0.15) is 4.98 Å². The van der Waals surface area contributed by atoms with Crippen molar-refractivity contribution in [3.63, 3.8) is 0 Å². The average molecular weight is 550 g/mol. The number of nitrogens with one attached hydrogen (secondary N) is 2. The number of hydrogen-bond donors (Lipinski definition) is 2. The van der Waals surface area contributed by atoms with E-state index in [0.717, 1.165) is 5.56 Å². The van der Waals surface area contributed by atoms with Crippen LogP contribution >= 0.6 is 23.2 Å². The molecule has 1 aliphatic rings. The van der Waals surface area contributed by atoms with E-state index in [1.807, 2.05) is 50.2 Å². The number of fused-ring (bicyclic) bond motifs is 1. The topological polar surface area (TPSA) is 90.3 Å². The Bertz CT molecular complexity index is 1550. The van der Waals surface area contributed by atoms with E-state index in [0.29, 0.717) is 62.4 Å². The summed E-state index contributed by atoms with van der Waals surface area (Å²) in [4.78, 5) is 18.6. The summed E-state index contributed by atoms with van der Waals surface area (Å²) >= 11 is 12.4. The summed E-state index contributed by atoms with van der Waals surface area (Å²) in [5, 5.41) is 11.9. The van der Waals surface area contributed by atoms with Gasteiger partial charge in [-0.1, -0.05) is 53.5 Å².